The number of aromatic nitrogens is 2. The van der Waals surface area contributed by atoms with Crippen molar-refractivity contribution in [1.82, 2.24) is 19.8 Å². The second-order valence-electron chi connectivity index (χ2n) is 9.50. The van der Waals surface area contributed by atoms with E-state index in [2.05, 4.69) is 5.32 Å². The maximum atomic E-state index is 14.0. The Labute approximate surface area is 215 Å². The first kappa shape index (κ1) is 25.8. The summed E-state index contributed by atoms with van der Waals surface area (Å²) in [5, 5.41) is 3.67. The molecule has 1 aromatic heterocycles. The number of para-hydroxylation sites is 1. The van der Waals surface area contributed by atoms with Gasteiger partial charge < -0.3 is 15.0 Å². The molecule has 3 aliphatic rings. The van der Waals surface area contributed by atoms with Crippen molar-refractivity contribution in [3.05, 3.63) is 51.9 Å². The van der Waals surface area contributed by atoms with E-state index in [4.69, 9.17) is 9.72 Å². The van der Waals surface area contributed by atoms with E-state index in [1.165, 1.54) is 16.3 Å². The van der Waals surface area contributed by atoms with Crippen molar-refractivity contribution in [2.45, 2.75) is 61.3 Å². The molecule has 2 fully saturated rings. The molecule has 0 spiro atoms. The Kier molecular flexibility index (Phi) is 7.30. The number of rotatable bonds is 5. The van der Waals surface area contributed by atoms with Gasteiger partial charge in [-0.3, -0.25) is 14.2 Å². The molecule has 1 aliphatic carbocycles. The monoisotopic (exact) mass is 536 g/mol. The van der Waals surface area contributed by atoms with Crippen molar-refractivity contribution in [1.29, 1.82) is 0 Å². The van der Waals surface area contributed by atoms with E-state index in [1.54, 1.807) is 30.3 Å². The number of carbonyl (C=O) groups excluding carboxylic acids is 2. The van der Waals surface area contributed by atoms with Crippen LogP contribution in [0.2, 0.25) is 0 Å². The number of nitrogens with one attached hydrogen (secondary N) is 1. The smallest absolute Gasteiger partial charge is 0.430 e. The zero-order valence-electron chi connectivity index (χ0n) is 20.0. The lowest BCUT2D eigenvalue weighted by molar-refractivity contribution is -0.215. The lowest BCUT2D eigenvalue weighted by atomic mass is 9.98. The van der Waals surface area contributed by atoms with Crippen molar-refractivity contribution in [2.75, 3.05) is 19.6 Å². The minimum Gasteiger partial charge on any atom is -0.430 e. The average Bonchev–Trinajstić information content (AvgIpc) is 2.83. The van der Waals surface area contributed by atoms with Crippen molar-refractivity contribution >= 4 is 23.6 Å². The molecule has 1 saturated heterocycles. The molecule has 1 unspecified atom stereocenters. The van der Waals surface area contributed by atoms with Gasteiger partial charge in [-0.1, -0.05) is 49.2 Å². The molecule has 37 heavy (non-hydrogen) atoms. The second kappa shape index (κ2) is 10.5. The molecule has 1 amide bonds. The van der Waals surface area contributed by atoms with E-state index >= 15 is 0 Å². The summed E-state index contributed by atoms with van der Waals surface area (Å²) in [6, 6.07) is 8.70. The molecule has 1 aromatic carbocycles. The summed E-state index contributed by atoms with van der Waals surface area (Å²) in [5.41, 5.74) is -0.0973. The van der Waals surface area contributed by atoms with Gasteiger partial charge in [-0.15, -0.1) is 0 Å². The van der Waals surface area contributed by atoms with Crippen LogP contribution in [-0.4, -0.2) is 57.4 Å². The van der Waals surface area contributed by atoms with Crippen LogP contribution in [0.5, 0.6) is 0 Å². The van der Waals surface area contributed by atoms with E-state index in [-0.39, 0.29) is 29.5 Å². The zero-order valence-corrected chi connectivity index (χ0v) is 20.8. The Morgan fingerprint density at radius 2 is 1.78 bits per heavy atom. The molecule has 1 saturated carbocycles. The summed E-state index contributed by atoms with van der Waals surface area (Å²) in [4.78, 5) is 44.9. The maximum Gasteiger partial charge on any atom is 0.491 e. The molecule has 8 nitrogen and oxygen atoms in total. The minimum absolute atomic E-state index is 0.00649. The lowest BCUT2D eigenvalue weighted by Crippen LogP contribution is -2.55. The van der Waals surface area contributed by atoms with Crippen LogP contribution < -0.4 is 10.9 Å². The SMILES string of the molecule is O=C(C1CNC1)N1CCc2nc(SC3CCCCC3)n(-c3ccccc3)c(=O)c2C1OC(=O)C(F)(F)F. The number of nitrogens with zero attached hydrogens (tertiary/aromatic N) is 3. The molecule has 2 aliphatic heterocycles. The molecule has 198 valence electrons. The number of fused-ring (bicyclic) bond motifs is 1. The lowest BCUT2D eigenvalue weighted by Gasteiger charge is -2.39. The van der Waals surface area contributed by atoms with Gasteiger partial charge in [0.05, 0.1) is 17.3 Å². The summed E-state index contributed by atoms with van der Waals surface area (Å²) in [6.45, 7) is 0.727. The van der Waals surface area contributed by atoms with E-state index < -0.39 is 35.8 Å². The third-order valence-corrected chi connectivity index (χ3v) is 8.28. The molecule has 0 radical (unpaired) electrons. The standard InChI is InChI=1S/C25H27F3N4O4S/c26-25(27,28)23(35)36-22-19-18(11-12-31(22)20(33)15-13-29-14-15)30-24(37-17-9-5-2-6-10-17)32(21(19)34)16-7-3-1-4-8-16/h1,3-4,7-8,15,17,22,29H,2,5-6,9-14H2. The third-order valence-electron chi connectivity index (χ3n) is 6.99. The van der Waals surface area contributed by atoms with Gasteiger partial charge in [0, 0.05) is 31.3 Å². The Bertz CT molecular complexity index is 1230. The average molecular weight is 537 g/mol. The molecule has 2 aromatic rings. The van der Waals surface area contributed by atoms with Crippen LogP contribution in [0.15, 0.2) is 40.3 Å². The Balaban J connectivity index is 1.62. The first-order chi connectivity index (χ1) is 17.7. The number of carbonyl (C=O) groups is 2. The molecule has 0 bridgehead atoms. The number of amides is 1. The number of halogens is 3. The summed E-state index contributed by atoms with van der Waals surface area (Å²) in [5.74, 6) is -3.38. The molecule has 12 heteroatoms. The predicted octanol–water partition coefficient (Wildman–Crippen LogP) is 3.37. The number of ether oxygens (including phenoxy) is 1. The van der Waals surface area contributed by atoms with Crippen LogP contribution in [0.25, 0.3) is 5.69 Å². The van der Waals surface area contributed by atoms with Crippen molar-refractivity contribution in [3.63, 3.8) is 0 Å². The molecule has 5 rings (SSSR count). The normalized spacial score (nSPS) is 20.7. The van der Waals surface area contributed by atoms with E-state index in [9.17, 15) is 27.6 Å². The van der Waals surface area contributed by atoms with Crippen LogP contribution in [0.3, 0.4) is 0 Å². The van der Waals surface area contributed by atoms with Crippen LogP contribution in [0, 0.1) is 5.92 Å². The molecule has 3 heterocycles. The second-order valence-corrected chi connectivity index (χ2v) is 10.8. The minimum atomic E-state index is -5.28. The first-order valence-electron chi connectivity index (χ1n) is 12.4. The number of alkyl halides is 3. The van der Waals surface area contributed by atoms with Crippen molar-refractivity contribution in [3.8, 4) is 5.69 Å². The highest BCUT2D eigenvalue weighted by Gasteiger charge is 2.47. The van der Waals surface area contributed by atoms with Crippen molar-refractivity contribution in [2.24, 2.45) is 5.92 Å². The van der Waals surface area contributed by atoms with E-state index in [1.807, 2.05) is 0 Å². The number of thioether (sulfide) groups is 1. The Hall–Kier alpha value is -2.86. The topological polar surface area (TPSA) is 93.5 Å². The van der Waals surface area contributed by atoms with E-state index in [0.29, 0.717) is 23.9 Å². The number of benzene rings is 1. The number of hydrogen-bond donors (Lipinski definition) is 1. The highest BCUT2D eigenvalue weighted by atomic mass is 32.2. The third kappa shape index (κ3) is 5.26. The van der Waals surface area contributed by atoms with Gasteiger partial charge in [-0.05, 0) is 25.0 Å². The van der Waals surface area contributed by atoms with Gasteiger partial charge in [0.1, 0.15) is 5.56 Å². The highest BCUT2D eigenvalue weighted by Crippen LogP contribution is 2.37. The van der Waals surface area contributed by atoms with Gasteiger partial charge in [-0.25, -0.2) is 9.78 Å². The Morgan fingerprint density at radius 1 is 1.08 bits per heavy atom. The number of hydrogen-bond acceptors (Lipinski definition) is 7. The summed E-state index contributed by atoms with van der Waals surface area (Å²) in [6.07, 6.45) is -1.63. The Morgan fingerprint density at radius 3 is 2.41 bits per heavy atom. The first-order valence-corrected chi connectivity index (χ1v) is 13.3. The van der Waals surface area contributed by atoms with Crippen LogP contribution in [0.4, 0.5) is 13.2 Å². The van der Waals surface area contributed by atoms with Gasteiger partial charge in [0.25, 0.3) is 5.56 Å². The van der Waals surface area contributed by atoms with Crippen LogP contribution in [0.1, 0.15) is 49.6 Å². The summed E-state index contributed by atoms with van der Waals surface area (Å²) < 4.78 is 45.9. The van der Waals surface area contributed by atoms with Crippen molar-refractivity contribution < 1.29 is 27.5 Å². The van der Waals surface area contributed by atoms with Gasteiger partial charge in [0.15, 0.2) is 5.16 Å². The fraction of sp³-hybridized carbons (Fsp3) is 0.520. The highest BCUT2D eigenvalue weighted by molar-refractivity contribution is 7.99. The zero-order chi connectivity index (χ0) is 26.2. The largest absolute Gasteiger partial charge is 0.491 e. The quantitative estimate of drug-likeness (QED) is 0.463. The fourth-order valence-corrected chi connectivity index (χ4v) is 6.25. The van der Waals surface area contributed by atoms with Crippen LogP contribution in [-0.2, 0) is 20.7 Å². The summed E-state index contributed by atoms with van der Waals surface area (Å²) in [7, 11) is 0. The molecule has 1 N–H and O–H groups in total. The van der Waals surface area contributed by atoms with Gasteiger partial charge in [-0.2, -0.15) is 13.2 Å². The number of esters is 1. The maximum absolute atomic E-state index is 14.0. The molecule has 1 atom stereocenters. The predicted molar refractivity (Wildman–Crippen MR) is 129 cm³/mol. The van der Waals surface area contributed by atoms with Crippen LogP contribution >= 0.6 is 11.8 Å². The van der Waals surface area contributed by atoms with E-state index in [0.717, 1.165) is 37.0 Å². The van der Waals surface area contributed by atoms with Gasteiger partial charge >= 0.3 is 12.1 Å². The van der Waals surface area contributed by atoms with Gasteiger partial charge in [0.2, 0.25) is 12.1 Å². The molecular formula is C25H27F3N4O4S. The summed E-state index contributed by atoms with van der Waals surface area (Å²) >= 11 is 1.49. The fourth-order valence-electron chi connectivity index (χ4n) is 4.92. The molecular weight excluding hydrogens is 509 g/mol.